The first-order chi connectivity index (χ1) is 7.66. The lowest BCUT2D eigenvalue weighted by molar-refractivity contribution is 0.102. The van der Waals surface area contributed by atoms with Crippen LogP contribution in [0.25, 0.3) is 0 Å². The molecule has 0 saturated heterocycles. The van der Waals surface area contributed by atoms with Crippen LogP contribution in [0, 0.1) is 0 Å². The summed E-state index contributed by atoms with van der Waals surface area (Å²) in [4.78, 5) is 20.1. The van der Waals surface area contributed by atoms with Crippen molar-refractivity contribution in [3.8, 4) is 0 Å². The standard InChI is InChI=1S/C9H5BrClN3OS/c10-5-1-2-16-8(5)9(15)14-7-4-12-3-6(11)13-7/h1-4H,(H,13,14,15). The molecule has 4 nitrogen and oxygen atoms in total. The number of carbonyl (C=O) groups excluding carboxylic acids is 1. The highest BCUT2D eigenvalue weighted by Gasteiger charge is 2.12. The van der Waals surface area contributed by atoms with Crippen molar-refractivity contribution in [2.45, 2.75) is 0 Å². The van der Waals surface area contributed by atoms with Crippen LogP contribution in [0.2, 0.25) is 5.15 Å². The van der Waals surface area contributed by atoms with Gasteiger partial charge in [0, 0.05) is 4.47 Å². The third-order valence-corrected chi connectivity index (χ3v) is 3.69. The molecule has 2 rings (SSSR count). The summed E-state index contributed by atoms with van der Waals surface area (Å²) in [6.07, 6.45) is 2.84. The van der Waals surface area contributed by atoms with Gasteiger partial charge in [-0.2, -0.15) is 0 Å². The van der Waals surface area contributed by atoms with Gasteiger partial charge in [-0.25, -0.2) is 4.98 Å². The molecule has 7 heteroatoms. The second-order valence-corrected chi connectivity index (χ2v) is 4.94. The molecule has 0 unspecified atom stereocenters. The second kappa shape index (κ2) is 4.90. The molecule has 16 heavy (non-hydrogen) atoms. The van der Waals surface area contributed by atoms with Gasteiger partial charge in [0.1, 0.15) is 10.0 Å². The minimum absolute atomic E-state index is 0.238. The number of carbonyl (C=O) groups is 1. The monoisotopic (exact) mass is 317 g/mol. The van der Waals surface area contributed by atoms with Gasteiger partial charge >= 0.3 is 0 Å². The lowest BCUT2D eigenvalue weighted by Gasteiger charge is -2.02. The number of aromatic nitrogens is 2. The van der Waals surface area contributed by atoms with Gasteiger partial charge in [-0.1, -0.05) is 11.6 Å². The first-order valence-electron chi connectivity index (χ1n) is 4.18. The Labute approximate surface area is 109 Å². The zero-order valence-corrected chi connectivity index (χ0v) is 10.9. The van der Waals surface area contributed by atoms with E-state index in [0.29, 0.717) is 10.7 Å². The molecule has 0 spiro atoms. The van der Waals surface area contributed by atoms with Crippen LogP contribution in [0.4, 0.5) is 5.82 Å². The molecule has 0 fully saturated rings. The van der Waals surface area contributed by atoms with Crippen molar-refractivity contribution >= 4 is 50.6 Å². The summed E-state index contributed by atoms with van der Waals surface area (Å²) in [6, 6.07) is 1.81. The molecule has 2 aromatic rings. The highest BCUT2D eigenvalue weighted by atomic mass is 79.9. The van der Waals surface area contributed by atoms with Gasteiger partial charge in [0.25, 0.3) is 5.91 Å². The summed E-state index contributed by atoms with van der Waals surface area (Å²) in [5.41, 5.74) is 0. The molecule has 0 aliphatic heterocycles. The molecule has 1 amide bonds. The van der Waals surface area contributed by atoms with Crippen LogP contribution in [0.3, 0.4) is 0 Å². The predicted molar refractivity (Wildman–Crippen MR) is 67.0 cm³/mol. The molecule has 2 heterocycles. The Morgan fingerprint density at radius 1 is 1.50 bits per heavy atom. The Bertz CT molecular complexity index is 531. The van der Waals surface area contributed by atoms with Crippen molar-refractivity contribution in [3.63, 3.8) is 0 Å². The van der Waals surface area contributed by atoms with Crippen molar-refractivity contribution in [1.82, 2.24) is 9.97 Å². The molecule has 2 aromatic heterocycles. The van der Waals surface area contributed by atoms with Crippen LogP contribution in [0.15, 0.2) is 28.3 Å². The first kappa shape index (κ1) is 11.5. The van der Waals surface area contributed by atoms with E-state index in [1.54, 1.807) is 0 Å². The summed E-state index contributed by atoms with van der Waals surface area (Å²) in [6.45, 7) is 0. The molecule has 0 aliphatic carbocycles. The normalized spacial score (nSPS) is 10.1. The Kier molecular flexibility index (Phi) is 3.52. The molecule has 1 N–H and O–H groups in total. The Hall–Kier alpha value is -0.980. The molecule has 0 saturated carbocycles. The minimum Gasteiger partial charge on any atom is -0.304 e. The summed E-state index contributed by atoms with van der Waals surface area (Å²) in [5.74, 6) is 0.0937. The average molecular weight is 319 g/mol. The maximum Gasteiger partial charge on any atom is 0.268 e. The summed E-state index contributed by atoms with van der Waals surface area (Å²) in [5, 5.41) is 4.67. The van der Waals surface area contributed by atoms with Crippen molar-refractivity contribution in [2.75, 3.05) is 5.32 Å². The molecule has 0 bridgehead atoms. The van der Waals surface area contributed by atoms with Crippen molar-refractivity contribution in [3.05, 3.63) is 38.3 Å². The first-order valence-corrected chi connectivity index (χ1v) is 6.24. The van der Waals surface area contributed by atoms with Crippen LogP contribution < -0.4 is 5.32 Å². The number of amides is 1. The molecule has 0 aliphatic rings. The van der Waals surface area contributed by atoms with Crippen LogP contribution >= 0.6 is 38.9 Å². The molecule has 82 valence electrons. The third kappa shape index (κ3) is 2.58. The van der Waals surface area contributed by atoms with E-state index < -0.39 is 0 Å². The van der Waals surface area contributed by atoms with Crippen LogP contribution in [0.1, 0.15) is 9.67 Å². The van der Waals surface area contributed by atoms with E-state index in [1.165, 1.54) is 23.7 Å². The molecule has 0 radical (unpaired) electrons. The molecule has 0 aromatic carbocycles. The van der Waals surface area contributed by atoms with Gasteiger partial charge in [0.05, 0.1) is 12.4 Å². The predicted octanol–water partition coefficient (Wildman–Crippen LogP) is 3.21. The zero-order valence-electron chi connectivity index (χ0n) is 7.78. The topological polar surface area (TPSA) is 54.9 Å². The number of rotatable bonds is 2. The van der Waals surface area contributed by atoms with E-state index in [4.69, 9.17) is 11.6 Å². The fourth-order valence-corrected chi connectivity index (χ4v) is 2.63. The maximum absolute atomic E-state index is 11.8. The largest absolute Gasteiger partial charge is 0.304 e. The SMILES string of the molecule is O=C(Nc1cncc(Cl)n1)c1sccc1Br. The lowest BCUT2D eigenvalue weighted by atomic mass is 10.4. The fraction of sp³-hybridized carbons (Fsp3) is 0. The van der Waals surface area contributed by atoms with Gasteiger partial charge in [-0.3, -0.25) is 9.78 Å². The average Bonchev–Trinajstić information content (AvgIpc) is 2.64. The van der Waals surface area contributed by atoms with Gasteiger partial charge in [-0.05, 0) is 27.4 Å². The maximum atomic E-state index is 11.8. The number of nitrogens with zero attached hydrogens (tertiary/aromatic N) is 2. The molecule has 0 atom stereocenters. The number of hydrogen-bond acceptors (Lipinski definition) is 4. The van der Waals surface area contributed by atoms with Crippen molar-refractivity contribution < 1.29 is 4.79 Å². The number of nitrogens with one attached hydrogen (secondary N) is 1. The summed E-state index contributed by atoms with van der Waals surface area (Å²) in [7, 11) is 0. The highest BCUT2D eigenvalue weighted by molar-refractivity contribution is 9.10. The lowest BCUT2D eigenvalue weighted by Crippen LogP contribution is -2.12. The quantitative estimate of drug-likeness (QED) is 0.925. The van der Waals surface area contributed by atoms with Crippen molar-refractivity contribution in [2.24, 2.45) is 0 Å². The van der Waals surface area contributed by atoms with E-state index in [0.717, 1.165) is 4.47 Å². The molecular weight excluding hydrogens is 314 g/mol. The van der Waals surface area contributed by atoms with E-state index in [-0.39, 0.29) is 11.1 Å². The zero-order chi connectivity index (χ0) is 11.5. The van der Waals surface area contributed by atoms with Gasteiger partial charge < -0.3 is 5.32 Å². The minimum atomic E-state index is -0.238. The van der Waals surface area contributed by atoms with Gasteiger partial charge in [0.2, 0.25) is 0 Å². The Balaban J connectivity index is 2.17. The third-order valence-electron chi connectivity index (χ3n) is 1.67. The number of thiophene rings is 1. The number of halogens is 2. The van der Waals surface area contributed by atoms with E-state index in [1.807, 2.05) is 11.4 Å². The second-order valence-electron chi connectivity index (χ2n) is 2.78. The summed E-state index contributed by atoms with van der Waals surface area (Å²) < 4.78 is 0.755. The highest BCUT2D eigenvalue weighted by Crippen LogP contribution is 2.23. The van der Waals surface area contributed by atoms with E-state index in [9.17, 15) is 4.79 Å². The van der Waals surface area contributed by atoms with E-state index >= 15 is 0 Å². The fourth-order valence-electron chi connectivity index (χ4n) is 1.03. The Morgan fingerprint density at radius 3 is 2.94 bits per heavy atom. The summed E-state index contributed by atoms with van der Waals surface area (Å²) >= 11 is 10.3. The van der Waals surface area contributed by atoms with Crippen LogP contribution in [-0.2, 0) is 0 Å². The number of hydrogen-bond donors (Lipinski definition) is 1. The number of anilines is 1. The van der Waals surface area contributed by atoms with Crippen molar-refractivity contribution in [1.29, 1.82) is 0 Å². The molecular formula is C9H5BrClN3OS. The van der Waals surface area contributed by atoms with Gasteiger partial charge in [0.15, 0.2) is 5.82 Å². The van der Waals surface area contributed by atoms with Gasteiger partial charge in [-0.15, -0.1) is 11.3 Å². The Morgan fingerprint density at radius 2 is 2.31 bits per heavy atom. The van der Waals surface area contributed by atoms with E-state index in [2.05, 4.69) is 31.2 Å². The van der Waals surface area contributed by atoms with Crippen LogP contribution in [0.5, 0.6) is 0 Å². The van der Waals surface area contributed by atoms with Crippen LogP contribution in [-0.4, -0.2) is 15.9 Å². The smallest absolute Gasteiger partial charge is 0.268 e.